The molecule has 0 atom stereocenters. The normalized spacial score (nSPS) is 13.4. The summed E-state index contributed by atoms with van der Waals surface area (Å²) in [5.74, 6) is -1.19. The highest BCUT2D eigenvalue weighted by Crippen LogP contribution is 2.29. The van der Waals surface area contributed by atoms with Crippen LogP contribution in [0.1, 0.15) is 10.4 Å². The van der Waals surface area contributed by atoms with Gasteiger partial charge in [-0.15, -0.1) is 0 Å². The number of non-ortho nitro benzene ring substituents is 1. The van der Waals surface area contributed by atoms with Crippen LogP contribution < -0.4 is 20.9 Å². The van der Waals surface area contributed by atoms with Crippen molar-refractivity contribution in [3.8, 4) is 0 Å². The summed E-state index contributed by atoms with van der Waals surface area (Å²) in [4.78, 5) is 47.8. The highest BCUT2D eigenvalue weighted by atomic mass is 35.5. The van der Waals surface area contributed by atoms with Crippen molar-refractivity contribution in [2.24, 2.45) is 0 Å². The number of piperazine rings is 1. The second-order valence-electron chi connectivity index (χ2n) is 6.48. The van der Waals surface area contributed by atoms with Crippen LogP contribution in [0.15, 0.2) is 42.5 Å². The summed E-state index contributed by atoms with van der Waals surface area (Å²) in [6.45, 7) is 1.03. The van der Waals surface area contributed by atoms with Crippen molar-refractivity contribution in [2.75, 3.05) is 36.4 Å². The molecule has 30 heavy (non-hydrogen) atoms. The predicted molar refractivity (Wildman–Crippen MR) is 111 cm³/mol. The van der Waals surface area contributed by atoms with E-state index in [0.29, 0.717) is 29.5 Å². The number of amides is 3. The first-order chi connectivity index (χ1) is 14.3. The average Bonchev–Trinajstić information content (AvgIpc) is 2.72. The first kappa shape index (κ1) is 21.1. The minimum atomic E-state index is -0.606. The van der Waals surface area contributed by atoms with Crippen LogP contribution in [0.25, 0.3) is 0 Å². The van der Waals surface area contributed by atoms with E-state index in [1.165, 1.54) is 18.2 Å². The number of hydrogen-bond acceptors (Lipinski definition) is 6. The molecule has 1 aliphatic rings. The first-order valence-electron chi connectivity index (χ1n) is 8.97. The second kappa shape index (κ2) is 9.23. The number of nitro groups is 1. The quantitative estimate of drug-likeness (QED) is 0.469. The third-order valence-corrected chi connectivity index (χ3v) is 4.64. The second-order valence-corrected chi connectivity index (χ2v) is 6.88. The standard InChI is InChI=1S/C19H18ClN5O5/c20-15-9-13(4-5-16(15)24-7-6-21-18(27)11-24)23-17(26)10-22-19(28)12-2-1-3-14(8-12)25(29)30/h1-5,8-9H,6-7,10-11H2,(H,21,27)(H,22,28)(H,23,26). The number of benzene rings is 2. The van der Waals surface area contributed by atoms with Gasteiger partial charge >= 0.3 is 0 Å². The monoisotopic (exact) mass is 431 g/mol. The largest absolute Gasteiger partial charge is 0.359 e. The van der Waals surface area contributed by atoms with Crippen LogP contribution >= 0.6 is 11.6 Å². The minimum absolute atomic E-state index is 0.0787. The molecule has 1 heterocycles. The van der Waals surface area contributed by atoms with Gasteiger partial charge in [0.1, 0.15) is 0 Å². The van der Waals surface area contributed by atoms with Gasteiger partial charge in [-0.3, -0.25) is 24.5 Å². The molecule has 0 aliphatic carbocycles. The van der Waals surface area contributed by atoms with E-state index in [1.807, 2.05) is 4.90 Å². The zero-order valence-corrected chi connectivity index (χ0v) is 16.4. The maximum Gasteiger partial charge on any atom is 0.270 e. The molecule has 2 aromatic carbocycles. The Labute approximate surface area is 176 Å². The Bertz CT molecular complexity index is 1010. The molecule has 3 amide bonds. The third kappa shape index (κ3) is 5.23. The molecule has 0 radical (unpaired) electrons. The summed E-state index contributed by atoms with van der Waals surface area (Å²) < 4.78 is 0. The number of carbonyl (C=O) groups excluding carboxylic acids is 3. The van der Waals surface area contributed by atoms with Gasteiger partial charge in [0.25, 0.3) is 11.6 Å². The highest BCUT2D eigenvalue weighted by Gasteiger charge is 2.19. The molecule has 0 spiro atoms. The summed E-state index contributed by atoms with van der Waals surface area (Å²) in [5, 5.41) is 18.9. The molecule has 156 valence electrons. The first-order valence-corrected chi connectivity index (χ1v) is 9.35. The van der Waals surface area contributed by atoms with Gasteiger partial charge < -0.3 is 20.9 Å². The van der Waals surface area contributed by atoms with Gasteiger partial charge in [-0.2, -0.15) is 0 Å². The van der Waals surface area contributed by atoms with Crippen LogP contribution in [0, 0.1) is 10.1 Å². The van der Waals surface area contributed by atoms with Crippen molar-refractivity contribution in [1.82, 2.24) is 10.6 Å². The van der Waals surface area contributed by atoms with Crippen LogP contribution in [0.2, 0.25) is 5.02 Å². The number of nitrogens with one attached hydrogen (secondary N) is 3. The molecule has 0 bridgehead atoms. The lowest BCUT2D eigenvalue weighted by Gasteiger charge is -2.29. The third-order valence-electron chi connectivity index (χ3n) is 4.34. The van der Waals surface area contributed by atoms with Crippen LogP contribution in [0.4, 0.5) is 17.1 Å². The van der Waals surface area contributed by atoms with E-state index < -0.39 is 16.7 Å². The summed E-state index contributed by atoms with van der Waals surface area (Å²) in [6.07, 6.45) is 0. The summed E-state index contributed by atoms with van der Waals surface area (Å²) in [5.41, 5.74) is 0.978. The van der Waals surface area contributed by atoms with Crippen LogP contribution in [-0.4, -0.2) is 48.8 Å². The van der Waals surface area contributed by atoms with Gasteiger partial charge in [-0.05, 0) is 24.3 Å². The lowest BCUT2D eigenvalue weighted by Crippen LogP contribution is -2.47. The number of nitrogens with zero attached hydrogens (tertiary/aromatic N) is 2. The SMILES string of the molecule is O=C1CN(c2ccc(NC(=O)CNC(=O)c3cccc([N+](=O)[O-])c3)cc2Cl)CCN1. The van der Waals surface area contributed by atoms with Crippen molar-refractivity contribution in [2.45, 2.75) is 0 Å². The lowest BCUT2D eigenvalue weighted by molar-refractivity contribution is -0.384. The fourth-order valence-corrected chi connectivity index (χ4v) is 3.21. The van der Waals surface area contributed by atoms with E-state index in [4.69, 9.17) is 11.6 Å². The molecule has 11 heteroatoms. The Morgan fingerprint density at radius 3 is 2.73 bits per heavy atom. The maximum atomic E-state index is 12.1. The van der Waals surface area contributed by atoms with E-state index in [-0.39, 0.29) is 30.2 Å². The van der Waals surface area contributed by atoms with Crippen LogP contribution in [0.3, 0.4) is 0 Å². The molecule has 10 nitrogen and oxygen atoms in total. The molecular formula is C19H18ClN5O5. The predicted octanol–water partition coefficient (Wildman–Crippen LogP) is 1.55. The maximum absolute atomic E-state index is 12.1. The van der Waals surface area contributed by atoms with Crippen molar-refractivity contribution < 1.29 is 19.3 Å². The Morgan fingerprint density at radius 2 is 2.03 bits per heavy atom. The van der Waals surface area contributed by atoms with Gasteiger partial charge in [0, 0.05) is 36.5 Å². The van der Waals surface area contributed by atoms with Gasteiger partial charge in [0.2, 0.25) is 11.8 Å². The summed E-state index contributed by atoms with van der Waals surface area (Å²) >= 11 is 6.29. The lowest BCUT2D eigenvalue weighted by atomic mass is 10.2. The number of nitro benzene ring substituents is 1. The number of anilines is 2. The molecule has 0 unspecified atom stereocenters. The van der Waals surface area contributed by atoms with Crippen LogP contribution in [0.5, 0.6) is 0 Å². The molecule has 1 saturated heterocycles. The van der Waals surface area contributed by atoms with Crippen molar-refractivity contribution in [3.05, 3.63) is 63.2 Å². The highest BCUT2D eigenvalue weighted by molar-refractivity contribution is 6.33. The van der Waals surface area contributed by atoms with Crippen molar-refractivity contribution >= 4 is 46.4 Å². The molecule has 2 aromatic rings. The van der Waals surface area contributed by atoms with Gasteiger partial charge in [-0.1, -0.05) is 17.7 Å². The smallest absolute Gasteiger partial charge is 0.270 e. The van der Waals surface area contributed by atoms with E-state index >= 15 is 0 Å². The van der Waals surface area contributed by atoms with E-state index in [9.17, 15) is 24.5 Å². The topological polar surface area (TPSA) is 134 Å². The molecule has 0 saturated carbocycles. The fourth-order valence-electron chi connectivity index (χ4n) is 2.91. The Morgan fingerprint density at radius 1 is 1.23 bits per heavy atom. The molecule has 0 aromatic heterocycles. The Kier molecular flexibility index (Phi) is 6.48. The molecule has 1 fully saturated rings. The number of rotatable bonds is 6. The summed E-state index contributed by atoms with van der Waals surface area (Å²) in [6, 6.07) is 10.1. The van der Waals surface area contributed by atoms with Crippen molar-refractivity contribution in [3.63, 3.8) is 0 Å². The van der Waals surface area contributed by atoms with Gasteiger partial charge in [0.15, 0.2) is 0 Å². The fraction of sp³-hybridized carbons (Fsp3) is 0.211. The molecular weight excluding hydrogens is 414 g/mol. The number of carbonyl (C=O) groups is 3. The van der Waals surface area contributed by atoms with E-state index in [1.54, 1.807) is 18.2 Å². The van der Waals surface area contributed by atoms with Gasteiger partial charge in [-0.25, -0.2) is 0 Å². The molecule has 3 rings (SSSR count). The summed E-state index contributed by atoms with van der Waals surface area (Å²) in [7, 11) is 0. The average molecular weight is 432 g/mol. The Hall–Kier alpha value is -3.66. The van der Waals surface area contributed by atoms with Crippen LogP contribution in [-0.2, 0) is 9.59 Å². The van der Waals surface area contributed by atoms with Gasteiger partial charge in [0.05, 0.1) is 28.7 Å². The Balaban J connectivity index is 1.56. The van der Waals surface area contributed by atoms with Crippen molar-refractivity contribution in [1.29, 1.82) is 0 Å². The minimum Gasteiger partial charge on any atom is -0.359 e. The zero-order valence-electron chi connectivity index (χ0n) is 15.7. The molecule has 1 aliphatic heterocycles. The molecule has 3 N–H and O–H groups in total. The van der Waals surface area contributed by atoms with E-state index in [0.717, 1.165) is 6.07 Å². The zero-order chi connectivity index (χ0) is 21.7. The number of halogens is 1. The van der Waals surface area contributed by atoms with E-state index in [2.05, 4.69) is 16.0 Å². The number of hydrogen-bond donors (Lipinski definition) is 3.